The van der Waals surface area contributed by atoms with Crippen molar-refractivity contribution in [1.82, 2.24) is 16.0 Å². The largest absolute Gasteiger partial charge is 0.352 e. The van der Waals surface area contributed by atoms with Crippen molar-refractivity contribution in [2.75, 3.05) is 13.6 Å². The van der Waals surface area contributed by atoms with Crippen molar-refractivity contribution in [3.8, 4) is 0 Å². The number of rotatable bonds is 5. The number of hydrogen-bond acceptors (Lipinski definition) is 2. The minimum absolute atomic E-state index is 0. The fourth-order valence-corrected chi connectivity index (χ4v) is 2.11. The van der Waals surface area contributed by atoms with Gasteiger partial charge in [0.05, 0.1) is 22.6 Å². The SMILES string of the molecule is CN=C(NCC(=O)NC(C)C)NC(C)c1ccc(Cl)c(Cl)c1.I. The van der Waals surface area contributed by atoms with Crippen LogP contribution in [-0.2, 0) is 4.79 Å². The summed E-state index contributed by atoms with van der Waals surface area (Å²) in [5.74, 6) is 0.456. The van der Waals surface area contributed by atoms with Crippen molar-refractivity contribution < 1.29 is 4.79 Å². The average molecular weight is 473 g/mol. The zero-order chi connectivity index (χ0) is 16.7. The Balaban J connectivity index is 0.00000484. The molecule has 23 heavy (non-hydrogen) atoms. The van der Waals surface area contributed by atoms with E-state index in [1.54, 1.807) is 19.2 Å². The first-order valence-corrected chi connectivity index (χ1v) is 7.80. The molecule has 0 bridgehead atoms. The number of guanidine groups is 1. The summed E-state index contributed by atoms with van der Waals surface area (Å²) < 4.78 is 0. The van der Waals surface area contributed by atoms with E-state index in [0.29, 0.717) is 16.0 Å². The number of halogens is 3. The van der Waals surface area contributed by atoms with E-state index in [0.717, 1.165) is 5.56 Å². The van der Waals surface area contributed by atoms with Crippen molar-refractivity contribution in [1.29, 1.82) is 0 Å². The Bertz CT molecular complexity index is 552. The molecule has 0 aliphatic carbocycles. The van der Waals surface area contributed by atoms with Crippen LogP contribution in [0.5, 0.6) is 0 Å². The van der Waals surface area contributed by atoms with Crippen LogP contribution in [0.2, 0.25) is 10.0 Å². The van der Waals surface area contributed by atoms with Crippen molar-refractivity contribution in [3.05, 3.63) is 33.8 Å². The molecule has 1 rings (SSSR count). The van der Waals surface area contributed by atoms with Crippen LogP contribution in [0.1, 0.15) is 32.4 Å². The number of hydrogen-bond donors (Lipinski definition) is 3. The summed E-state index contributed by atoms with van der Waals surface area (Å²) in [4.78, 5) is 15.7. The van der Waals surface area contributed by atoms with E-state index in [4.69, 9.17) is 23.2 Å². The molecule has 1 aromatic rings. The molecule has 0 fully saturated rings. The van der Waals surface area contributed by atoms with E-state index in [9.17, 15) is 4.79 Å². The highest BCUT2D eigenvalue weighted by Crippen LogP contribution is 2.25. The van der Waals surface area contributed by atoms with Gasteiger partial charge in [0.2, 0.25) is 5.91 Å². The van der Waals surface area contributed by atoms with Gasteiger partial charge in [-0.15, -0.1) is 24.0 Å². The smallest absolute Gasteiger partial charge is 0.239 e. The van der Waals surface area contributed by atoms with Crippen LogP contribution < -0.4 is 16.0 Å². The third kappa shape index (κ3) is 8.08. The van der Waals surface area contributed by atoms with E-state index < -0.39 is 0 Å². The van der Waals surface area contributed by atoms with E-state index in [-0.39, 0.29) is 48.5 Å². The van der Waals surface area contributed by atoms with E-state index in [1.807, 2.05) is 26.8 Å². The summed E-state index contributed by atoms with van der Waals surface area (Å²) in [6, 6.07) is 5.53. The zero-order valence-corrected chi connectivity index (χ0v) is 17.5. The van der Waals surface area contributed by atoms with E-state index in [1.165, 1.54) is 0 Å². The van der Waals surface area contributed by atoms with Crippen LogP contribution in [-0.4, -0.2) is 31.5 Å². The molecular formula is C15H23Cl2IN4O. The van der Waals surface area contributed by atoms with E-state index >= 15 is 0 Å². The number of carbonyl (C=O) groups excluding carboxylic acids is 1. The summed E-state index contributed by atoms with van der Waals surface area (Å²) in [5, 5.41) is 9.99. The van der Waals surface area contributed by atoms with Crippen molar-refractivity contribution >= 4 is 59.0 Å². The Morgan fingerprint density at radius 3 is 2.35 bits per heavy atom. The van der Waals surface area contributed by atoms with Gasteiger partial charge in [-0.3, -0.25) is 9.79 Å². The zero-order valence-electron chi connectivity index (χ0n) is 13.6. The highest BCUT2D eigenvalue weighted by Gasteiger charge is 2.11. The maximum absolute atomic E-state index is 11.6. The Hall–Kier alpha value is -0.730. The first kappa shape index (κ1) is 22.3. The van der Waals surface area contributed by atoms with Crippen LogP contribution in [0.3, 0.4) is 0 Å². The molecule has 0 radical (unpaired) electrons. The quantitative estimate of drug-likeness (QED) is 0.349. The highest BCUT2D eigenvalue weighted by molar-refractivity contribution is 14.0. The molecule has 5 nitrogen and oxygen atoms in total. The molecule has 0 aromatic heterocycles. The summed E-state index contributed by atoms with van der Waals surface area (Å²) in [5.41, 5.74) is 0.976. The van der Waals surface area contributed by atoms with Gasteiger partial charge in [0.25, 0.3) is 0 Å². The van der Waals surface area contributed by atoms with Crippen LogP contribution >= 0.6 is 47.2 Å². The molecular weight excluding hydrogens is 450 g/mol. The van der Waals surface area contributed by atoms with Crippen LogP contribution in [0.4, 0.5) is 0 Å². The number of nitrogens with zero attached hydrogens (tertiary/aromatic N) is 1. The second-order valence-electron chi connectivity index (χ2n) is 5.19. The molecule has 0 aliphatic rings. The number of benzene rings is 1. The molecule has 3 N–H and O–H groups in total. The van der Waals surface area contributed by atoms with Gasteiger partial charge < -0.3 is 16.0 Å². The first-order chi connectivity index (χ1) is 10.3. The Labute approximate surface area is 164 Å². The van der Waals surface area contributed by atoms with Crippen LogP contribution in [0.15, 0.2) is 23.2 Å². The molecule has 0 aliphatic heterocycles. The number of nitrogens with one attached hydrogen (secondary N) is 3. The minimum Gasteiger partial charge on any atom is -0.352 e. The van der Waals surface area contributed by atoms with Gasteiger partial charge in [-0.25, -0.2) is 0 Å². The standard InChI is InChI=1S/C15H22Cl2N4O.HI/c1-9(2)20-14(22)8-19-15(18-4)21-10(3)11-5-6-12(16)13(17)7-11;/h5-7,9-10H,8H2,1-4H3,(H,20,22)(H2,18,19,21);1H. The van der Waals surface area contributed by atoms with Crippen molar-refractivity contribution in [2.45, 2.75) is 32.9 Å². The molecule has 1 unspecified atom stereocenters. The lowest BCUT2D eigenvalue weighted by atomic mass is 10.1. The average Bonchev–Trinajstić information content (AvgIpc) is 2.45. The Morgan fingerprint density at radius 1 is 1.17 bits per heavy atom. The fourth-order valence-electron chi connectivity index (χ4n) is 1.80. The monoisotopic (exact) mass is 472 g/mol. The summed E-state index contributed by atoms with van der Waals surface area (Å²) >= 11 is 11.9. The lowest BCUT2D eigenvalue weighted by Crippen LogP contribution is -2.45. The molecule has 0 saturated heterocycles. The number of aliphatic imine (C=N–C) groups is 1. The molecule has 8 heteroatoms. The molecule has 0 spiro atoms. The lowest BCUT2D eigenvalue weighted by Gasteiger charge is -2.19. The van der Waals surface area contributed by atoms with Gasteiger partial charge in [-0.2, -0.15) is 0 Å². The Morgan fingerprint density at radius 2 is 1.83 bits per heavy atom. The Kier molecular flexibility index (Phi) is 10.6. The predicted molar refractivity (Wildman–Crippen MR) is 108 cm³/mol. The van der Waals surface area contributed by atoms with Gasteiger partial charge in [0.1, 0.15) is 0 Å². The highest BCUT2D eigenvalue weighted by atomic mass is 127. The number of amides is 1. The topological polar surface area (TPSA) is 65.5 Å². The van der Waals surface area contributed by atoms with Gasteiger partial charge in [0, 0.05) is 13.1 Å². The molecule has 0 heterocycles. The summed E-state index contributed by atoms with van der Waals surface area (Å²) in [7, 11) is 1.65. The van der Waals surface area contributed by atoms with Gasteiger partial charge >= 0.3 is 0 Å². The van der Waals surface area contributed by atoms with Crippen LogP contribution in [0, 0.1) is 0 Å². The molecule has 1 amide bonds. The predicted octanol–water partition coefficient (Wildman–Crippen LogP) is 3.36. The summed E-state index contributed by atoms with van der Waals surface area (Å²) in [6.45, 7) is 5.96. The lowest BCUT2D eigenvalue weighted by molar-refractivity contribution is -0.120. The molecule has 1 atom stereocenters. The van der Waals surface area contributed by atoms with Gasteiger partial charge in [0.15, 0.2) is 5.96 Å². The minimum atomic E-state index is -0.0832. The number of carbonyl (C=O) groups is 1. The second kappa shape index (κ2) is 10.9. The van der Waals surface area contributed by atoms with Crippen molar-refractivity contribution in [3.63, 3.8) is 0 Å². The summed E-state index contributed by atoms with van der Waals surface area (Å²) in [6.07, 6.45) is 0. The molecule has 0 saturated carbocycles. The van der Waals surface area contributed by atoms with Gasteiger partial charge in [-0.05, 0) is 38.5 Å². The van der Waals surface area contributed by atoms with Gasteiger partial charge in [-0.1, -0.05) is 29.3 Å². The maximum atomic E-state index is 11.6. The fraction of sp³-hybridized carbons (Fsp3) is 0.467. The van der Waals surface area contributed by atoms with Crippen molar-refractivity contribution in [2.24, 2.45) is 4.99 Å². The molecule has 1 aromatic carbocycles. The second-order valence-corrected chi connectivity index (χ2v) is 6.00. The van der Waals surface area contributed by atoms with E-state index in [2.05, 4.69) is 20.9 Å². The molecule has 130 valence electrons. The normalized spacial score (nSPS) is 12.4. The first-order valence-electron chi connectivity index (χ1n) is 7.05. The maximum Gasteiger partial charge on any atom is 0.239 e. The van der Waals surface area contributed by atoms with Crippen LogP contribution in [0.25, 0.3) is 0 Å². The third-order valence-corrected chi connectivity index (χ3v) is 3.63. The third-order valence-electron chi connectivity index (χ3n) is 2.89.